The number of carbonyl (C=O) groups excluding carboxylic acids is 2. The van der Waals surface area contributed by atoms with Crippen molar-refractivity contribution in [1.82, 2.24) is 0 Å². The summed E-state index contributed by atoms with van der Waals surface area (Å²) >= 11 is 13.7. The lowest BCUT2D eigenvalue weighted by molar-refractivity contribution is -0.115. The SMILES string of the molecule is C[C@@H]1CCc2c(sc(NC(=O)Cc3c(Cl)cccc3Cl)c2C(N)=O)C1. The quantitative estimate of drug-likeness (QED) is 0.800. The zero-order chi connectivity index (χ0) is 18.1. The highest BCUT2D eigenvalue weighted by atomic mass is 35.5. The molecule has 7 heteroatoms. The van der Waals surface area contributed by atoms with E-state index in [1.807, 2.05) is 0 Å². The highest BCUT2D eigenvalue weighted by Gasteiger charge is 2.27. The van der Waals surface area contributed by atoms with Crippen LogP contribution in [0.2, 0.25) is 10.0 Å². The molecule has 0 spiro atoms. The minimum absolute atomic E-state index is 0.0374. The Hall–Kier alpha value is -1.56. The van der Waals surface area contributed by atoms with Gasteiger partial charge in [-0.25, -0.2) is 0 Å². The Morgan fingerprint density at radius 1 is 1.32 bits per heavy atom. The van der Waals surface area contributed by atoms with Crippen LogP contribution in [0.15, 0.2) is 18.2 Å². The van der Waals surface area contributed by atoms with Crippen LogP contribution in [0, 0.1) is 5.92 Å². The van der Waals surface area contributed by atoms with Gasteiger partial charge < -0.3 is 11.1 Å². The largest absolute Gasteiger partial charge is 0.365 e. The number of halogens is 2. The van der Waals surface area contributed by atoms with Gasteiger partial charge in [0.2, 0.25) is 5.91 Å². The van der Waals surface area contributed by atoms with E-state index in [-0.39, 0.29) is 12.3 Å². The second kappa shape index (κ2) is 7.36. The van der Waals surface area contributed by atoms with E-state index < -0.39 is 5.91 Å². The third kappa shape index (κ3) is 3.84. The van der Waals surface area contributed by atoms with Crippen molar-refractivity contribution in [3.05, 3.63) is 49.8 Å². The molecular formula is C18H18Cl2N2O2S. The van der Waals surface area contributed by atoms with Gasteiger partial charge in [-0.3, -0.25) is 9.59 Å². The topological polar surface area (TPSA) is 72.2 Å². The molecule has 0 unspecified atom stereocenters. The van der Waals surface area contributed by atoms with Gasteiger partial charge in [-0.15, -0.1) is 11.3 Å². The summed E-state index contributed by atoms with van der Waals surface area (Å²) in [4.78, 5) is 25.5. The predicted molar refractivity (Wildman–Crippen MR) is 103 cm³/mol. The van der Waals surface area contributed by atoms with Crippen LogP contribution in [0.25, 0.3) is 0 Å². The molecule has 2 amide bonds. The van der Waals surface area contributed by atoms with Crippen molar-refractivity contribution in [2.45, 2.75) is 32.6 Å². The summed E-state index contributed by atoms with van der Waals surface area (Å²) in [5, 5.41) is 4.24. The molecule has 1 heterocycles. The van der Waals surface area contributed by atoms with E-state index in [0.29, 0.717) is 32.1 Å². The second-order valence-corrected chi connectivity index (χ2v) is 8.26. The van der Waals surface area contributed by atoms with Crippen LogP contribution < -0.4 is 11.1 Å². The fourth-order valence-electron chi connectivity index (χ4n) is 3.13. The van der Waals surface area contributed by atoms with Gasteiger partial charge >= 0.3 is 0 Å². The number of hydrogen-bond donors (Lipinski definition) is 2. The lowest BCUT2D eigenvalue weighted by Crippen LogP contribution is -2.20. The highest BCUT2D eigenvalue weighted by molar-refractivity contribution is 7.17. The molecule has 3 N–H and O–H groups in total. The number of carbonyl (C=O) groups is 2. The molecule has 1 atom stereocenters. The smallest absolute Gasteiger partial charge is 0.251 e. The molecule has 1 aromatic carbocycles. The van der Waals surface area contributed by atoms with Crippen molar-refractivity contribution in [2.75, 3.05) is 5.32 Å². The lowest BCUT2D eigenvalue weighted by Gasteiger charge is -2.18. The van der Waals surface area contributed by atoms with Crippen LogP contribution >= 0.6 is 34.5 Å². The number of amides is 2. The molecule has 1 aromatic heterocycles. The van der Waals surface area contributed by atoms with Crippen LogP contribution in [-0.4, -0.2) is 11.8 Å². The predicted octanol–water partition coefficient (Wildman–Crippen LogP) is 4.46. The molecular weight excluding hydrogens is 379 g/mol. The first kappa shape index (κ1) is 18.2. The first-order valence-electron chi connectivity index (χ1n) is 8.04. The average molecular weight is 397 g/mol. The number of rotatable bonds is 4. The number of benzene rings is 1. The fourth-order valence-corrected chi connectivity index (χ4v) is 5.10. The molecule has 132 valence electrons. The molecule has 0 radical (unpaired) electrons. The van der Waals surface area contributed by atoms with Crippen molar-refractivity contribution in [3.63, 3.8) is 0 Å². The Kier molecular flexibility index (Phi) is 5.37. The summed E-state index contributed by atoms with van der Waals surface area (Å²) in [5.41, 5.74) is 7.57. The number of anilines is 1. The Balaban J connectivity index is 1.85. The van der Waals surface area contributed by atoms with Crippen LogP contribution in [0.5, 0.6) is 0 Å². The Labute approximate surface area is 160 Å². The number of fused-ring (bicyclic) bond motifs is 1. The van der Waals surface area contributed by atoms with Gasteiger partial charge in [-0.2, -0.15) is 0 Å². The minimum atomic E-state index is -0.502. The molecule has 1 aliphatic carbocycles. The van der Waals surface area contributed by atoms with Gasteiger partial charge in [-0.05, 0) is 48.4 Å². The molecule has 0 bridgehead atoms. The maximum Gasteiger partial charge on any atom is 0.251 e. The van der Waals surface area contributed by atoms with Gasteiger partial charge in [0.25, 0.3) is 5.91 Å². The second-order valence-electron chi connectivity index (χ2n) is 6.35. The van der Waals surface area contributed by atoms with E-state index >= 15 is 0 Å². The minimum Gasteiger partial charge on any atom is -0.365 e. The molecule has 1 aliphatic rings. The van der Waals surface area contributed by atoms with Crippen LogP contribution in [-0.2, 0) is 24.1 Å². The highest BCUT2D eigenvalue weighted by Crippen LogP contribution is 2.39. The molecule has 0 saturated heterocycles. The van der Waals surface area contributed by atoms with E-state index in [1.165, 1.54) is 11.3 Å². The molecule has 0 fully saturated rings. The van der Waals surface area contributed by atoms with Gasteiger partial charge in [0, 0.05) is 14.9 Å². The van der Waals surface area contributed by atoms with E-state index in [0.717, 1.165) is 29.7 Å². The molecule has 0 saturated carbocycles. The van der Waals surface area contributed by atoms with Gasteiger partial charge in [0.15, 0.2) is 0 Å². The number of hydrogen-bond acceptors (Lipinski definition) is 3. The van der Waals surface area contributed by atoms with Crippen LogP contribution in [0.1, 0.15) is 39.7 Å². The van der Waals surface area contributed by atoms with Gasteiger partial charge in [-0.1, -0.05) is 36.2 Å². The zero-order valence-corrected chi connectivity index (χ0v) is 16.0. The summed E-state index contributed by atoms with van der Waals surface area (Å²) in [7, 11) is 0. The number of nitrogens with one attached hydrogen (secondary N) is 1. The van der Waals surface area contributed by atoms with Crippen molar-refractivity contribution < 1.29 is 9.59 Å². The molecule has 25 heavy (non-hydrogen) atoms. The van der Waals surface area contributed by atoms with E-state index in [9.17, 15) is 9.59 Å². The van der Waals surface area contributed by atoms with E-state index in [1.54, 1.807) is 18.2 Å². The molecule has 4 nitrogen and oxygen atoms in total. The standard InChI is InChI=1S/C18H18Cl2N2O2S/c1-9-5-6-10-14(7-9)25-18(16(10)17(21)24)22-15(23)8-11-12(19)3-2-4-13(11)20/h2-4,9H,5-8H2,1H3,(H2,21,24)(H,22,23)/t9-/m1/s1. The van der Waals surface area contributed by atoms with Gasteiger partial charge in [0.05, 0.1) is 12.0 Å². The summed E-state index contributed by atoms with van der Waals surface area (Å²) in [5.74, 6) is -0.209. The summed E-state index contributed by atoms with van der Waals surface area (Å²) in [6.07, 6.45) is 2.78. The van der Waals surface area contributed by atoms with Gasteiger partial charge in [0.1, 0.15) is 5.00 Å². The first-order chi connectivity index (χ1) is 11.9. The van der Waals surface area contributed by atoms with Crippen molar-refractivity contribution >= 4 is 51.4 Å². The molecule has 3 rings (SSSR count). The number of thiophene rings is 1. The number of nitrogens with two attached hydrogens (primary N) is 1. The zero-order valence-electron chi connectivity index (χ0n) is 13.7. The maximum absolute atomic E-state index is 12.5. The van der Waals surface area contributed by atoms with E-state index in [4.69, 9.17) is 28.9 Å². The van der Waals surface area contributed by atoms with Crippen molar-refractivity contribution in [3.8, 4) is 0 Å². The summed E-state index contributed by atoms with van der Waals surface area (Å²) in [6, 6.07) is 5.11. The Morgan fingerprint density at radius 2 is 2.00 bits per heavy atom. The summed E-state index contributed by atoms with van der Waals surface area (Å²) < 4.78 is 0. The van der Waals surface area contributed by atoms with Crippen LogP contribution in [0.3, 0.4) is 0 Å². The Bertz CT molecular complexity index is 828. The molecule has 0 aliphatic heterocycles. The first-order valence-corrected chi connectivity index (χ1v) is 9.61. The Morgan fingerprint density at radius 3 is 2.64 bits per heavy atom. The third-order valence-corrected chi connectivity index (χ3v) is 6.29. The number of primary amides is 1. The maximum atomic E-state index is 12.5. The lowest BCUT2D eigenvalue weighted by atomic mass is 9.88. The third-order valence-electron chi connectivity index (χ3n) is 4.41. The van der Waals surface area contributed by atoms with Crippen molar-refractivity contribution in [2.24, 2.45) is 11.7 Å². The van der Waals surface area contributed by atoms with E-state index in [2.05, 4.69) is 12.2 Å². The van der Waals surface area contributed by atoms with Crippen LogP contribution in [0.4, 0.5) is 5.00 Å². The summed E-state index contributed by atoms with van der Waals surface area (Å²) in [6.45, 7) is 2.18. The monoisotopic (exact) mass is 396 g/mol. The van der Waals surface area contributed by atoms with Crippen molar-refractivity contribution in [1.29, 1.82) is 0 Å². The normalized spacial score (nSPS) is 16.4. The molecule has 2 aromatic rings. The average Bonchev–Trinajstić information content (AvgIpc) is 2.88. The fraction of sp³-hybridized carbons (Fsp3) is 0.333.